The molecule has 0 fully saturated rings. The summed E-state index contributed by atoms with van der Waals surface area (Å²) in [6.45, 7) is 4.91. The maximum Gasteiger partial charge on any atom is 0.333 e. The first-order valence-corrected chi connectivity index (χ1v) is 8.12. The highest BCUT2D eigenvalue weighted by molar-refractivity contribution is 7.91. The first kappa shape index (κ1) is 16.0. The van der Waals surface area contributed by atoms with Crippen molar-refractivity contribution < 1.29 is 17.9 Å². The summed E-state index contributed by atoms with van der Waals surface area (Å²) in [5.74, 6) is -0.549. The van der Waals surface area contributed by atoms with Gasteiger partial charge in [-0.05, 0) is 25.1 Å². The topological polar surface area (TPSA) is 60.4 Å². The first-order valence-electron chi connectivity index (χ1n) is 6.63. The maximum absolute atomic E-state index is 12.7. The van der Waals surface area contributed by atoms with Crippen molar-refractivity contribution in [2.45, 2.75) is 23.3 Å². The van der Waals surface area contributed by atoms with Crippen LogP contribution in [0.1, 0.15) is 12.5 Å². The van der Waals surface area contributed by atoms with Gasteiger partial charge in [-0.1, -0.05) is 43.0 Å². The molecule has 0 atom stereocenters. The van der Waals surface area contributed by atoms with Gasteiger partial charge in [0.25, 0.3) is 0 Å². The van der Waals surface area contributed by atoms with Gasteiger partial charge in [-0.25, -0.2) is 13.2 Å². The number of rotatable bonds is 5. The zero-order valence-electron chi connectivity index (χ0n) is 12.2. The van der Waals surface area contributed by atoms with Crippen LogP contribution >= 0.6 is 0 Å². The second-order valence-electron chi connectivity index (χ2n) is 4.78. The van der Waals surface area contributed by atoms with Crippen molar-refractivity contribution in [1.82, 2.24) is 0 Å². The van der Waals surface area contributed by atoms with Crippen molar-refractivity contribution in [3.05, 3.63) is 72.3 Å². The molecule has 0 aliphatic rings. The predicted molar refractivity (Wildman–Crippen MR) is 82.9 cm³/mol. The van der Waals surface area contributed by atoms with Gasteiger partial charge in [-0.2, -0.15) is 0 Å². The quantitative estimate of drug-likeness (QED) is 0.628. The van der Waals surface area contributed by atoms with Crippen LogP contribution in [0.4, 0.5) is 0 Å². The molecule has 0 radical (unpaired) electrons. The van der Waals surface area contributed by atoms with Gasteiger partial charge in [0.1, 0.15) is 6.61 Å². The third kappa shape index (κ3) is 3.43. The monoisotopic (exact) mass is 316 g/mol. The highest BCUT2D eigenvalue weighted by Crippen LogP contribution is 2.24. The van der Waals surface area contributed by atoms with Crippen LogP contribution in [0.5, 0.6) is 0 Å². The highest BCUT2D eigenvalue weighted by atomic mass is 32.2. The van der Waals surface area contributed by atoms with E-state index in [4.69, 9.17) is 4.74 Å². The summed E-state index contributed by atoms with van der Waals surface area (Å²) in [4.78, 5) is 11.8. The Kier molecular flexibility index (Phi) is 4.78. The van der Waals surface area contributed by atoms with Crippen molar-refractivity contribution in [2.75, 3.05) is 0 Å². The minimum absolute atomic E-state index is 0.117. The Balaban J connectivity index is 2.36. The summed E-state index contributed by atoms with van der Waals surface area (Å²) >= 11 is 0. The molecule has 0 N–H and O–H groups in total. The largest absolute Gasteiger partial charge is 0.457 e. The van der Waals surface area contributed by atoms with Gasteiger partial charge in [0, 0.05) is 11.1 Å². The molecule has 2 aromatic carbocycles. The van der Waals surface area contributed by atoms with E-state index >= 15 is 0 Å². The zero-order valence-corrected chi connectivity index (χ0v) is 13.0. The Labute approximate surface area is 130 Å². The molecule has 0 unspecified atom stereocenters. The molecule has 0 spiro atoms. The van der Waals surface area contributed by atoms with Crippen LogP contribution in [0.2, 0.25) is 0 Å². The molecule has 0 aromatic heterocycles. The van der Waals surface area contributed by atoms with Crippen LogP contribution in [0.25, 0.3) is 0 Å². The molecule has 0 bridgehead atoms. The smallest absolute Gasteiger partial charge is 0.333 e. The fourth-order valence-electron chi connectivity index (χ4n) is 1.88. The lowest BCUT2D eigenvalue weighted by Crippen LogP contribution is -2.09. The number of benzene rings is 2. The van der Waals surface area contributed by atoms with Gasteiger partial charge in [-0.15, -0.1) is 0 Å². The molecule has 4 nitrogen and oxygen atoms in total. The SMILES string of the molecule is C=C(C)C(=O)OCc1ccccc1S(=O)(=O)c1ccccc1. The van der Waals surface area contributed by atoms with E-state index < -0.39 is 15.8 Å². The Morgan fingerprint density at radius 3 is 2.27 bits per heavy atom. The average Bonchev–Trinajstić information content (AvgIpc) is 2.53. The summed E-state index contributed by atoms with van der Waals surface area (Å²) in [6, 6.07) is 14.6. The van der Waals surface area contributed by atoms with Crippen LogP contribution in [0, 0.1) is 0 Å². The molecular formula is C17H16O4S. The molecule has 22 heavy (non-hydrogen) atoms. The third-order valence-corrected chi connectivity index (χ3v) is 4.89. The van der Waals surface area contributed by atoms with Crippen LogP contribution in [-0.2, 0) is 26.0 Å². The minimum Gasteiger partial charge on any atom is -0.457 e. The molecule has 0 aliphatic heterocycles. The summed E-state index contributed by atoms with van der Waals surface area (Å²) < 4.78 is 30.4. The van der Waals surface area contributed by atoms with Gasteiger partial charge >= 0.3 is 5.97 Å². The molecular weight excluding hydrogens is 300 g/mol. The number of carbonyl (C=O) groups excluding carboxylic acids is 1. The summed E-state index contributed by atoms with van der Waals surface area (Å²) in [5, 5.41) is 0. The number of esters is 1. The van der Waals surface area contributed by atoms with Crippen molar-refractivity contribution in [3.8, 4) is 0 Å². The number of hydrogen-bond donors (Lipinski definition) is 0. The van der Waals surface area contributed by atoms with E-state index in [1.54, 1.807) is 36.4 Å². The summed E-state index contributed by atoms with van der Waals surface area (Å²) in [6.07, 6.45) is 0. The van der Waals surface area contributed by atoms with E-state index in [1.807, 2.05) is 0 Å². The van der Waals surface area contributed by atoms with Gasteiger partial charge in [0.15, 0.2) is 0 Å². The maximum atomic E-state index is 12.7. The van der Waals surface area contributed by atoms with Gasteiger partial charge in [-0.3, -0.25) is 0 Å². The molecule has 0 aliphatic carbocycles. The lowest BCUT2D eigenvalue weighted by atomic mass is 10.2. The number of ether oxygens (including phenoxy) is 1. The van der Waals surface area contributed by atoms with Crippen molar-refractivity contribution in [1.29, 1.82) is 0 Å². The Morgan fingerprint density at radius 1 is 1.05 bits per heavy atom. The second-order valence-corrected chi connectivity index (χ2v) is 6.70. The molecule has 0 saturated carbocycles. The van der Waals surface area contributed by atoms with Crippen molar-refractivity contribution in [2.24, 2.45) is 0 Å². The van der Waals surface area contributed by atoms with E-state index in [0.717, 1.165) is 0 Å². The Bertz CT molecular complexity index is 792. The highest BCUT2D eigenvalue weighted by Gasteiger charge is 2.21. The summed E-state index contributed by atoms with van der Waals surface area (Å²) in [7, 11) is -3.65. The lowest BCUT2D eigenvalue weighted by molar-refractivity contribution is -0.140. The van der Waals surface area contributed by atoms with Crippen molar-refractivity contribution >= 4 is 15.8 Å². The molecule has 2 aromatic rings. The fourth-order valence-corrected chi connectivity index (χ4v) is 3.38. The number of sulfone groups is 1. The minimum atomic E-state index is -3.65. The normalized spacial score (nSPS) is 11.0. The predicted octanol–water partition coefficient (Wildman–Crippen LogP) is 3.14. The van der Waals surface area contributed by atoms with E-state index in [1.165, 1.54) is 25.1 Å². The summed E-state index contributed by atoms with van der Waals surface area (Å²) in [5.41, 5.74) is 0.698. The Morgan fingerprint density at radius 2 is 1.64 bits per heavy atom. The van der Waals surface area contributed by atoms with Gasteiger partial charge in [0.05, 0.1) is 9.79 Å². The molecule has 5 heteroatoms. The molecule has 2 rings (SSSR count). The molecule has 0 amide bonds. The molecule has 114 valence electrons. The van der Waals surface area contributed by atoms with Crippen LogP contribution < -0.4 is 0 Å². The number of carbonyl (C=O) groups is 1. The lowest BCUT2D eigenvalue weighted by Gasteiger charge is -2.11. The number of hydrogen-bond acceptors (Lipinski definition) is 4. The van der Waals surface area contributed by atoms with Gasteiger partial charge in [0.2, 0.25) is 9.84 Å². The second kappa shape index (κ2) is 6.58. The Hall–Kier alpha value is -2.40. The van der Waals surface area contributed by atoms with E-state index in [2.05, 4.69) is 6.58 Å². The van der Waals surface area contributed by atoms with Gasteiger partial charge < -0.3 is 4.74 Å². The van der Waals surface area contributed by atoms with E-state index in [-0.39, 0.29) is 22.0 Å². The fraction of sp³-hybridized carbons (Fsp3) is 0.118. The van der Waals surface area contributed by atoms with Crippen LogP contribution in [0.15, 0.2) is 76.5 Å². The van der Waals surface area contributed by atoms with Crippen LogP contribution in [0.3, 0.4) is 0 Å². The average molecular weight is 316 g/mol. The molecule has 0 saturated heterocycles. The zero-order chi connectivity index (χ0) is 16.2. The first-order chi connectivity index (χ1) is 10.4. The van der Waals surface area contributed by atoms with E-state index in [9.17, 15) is 13.2 Å². The van der Waals surface area contributed by atoms with E-state index in [0.29, 0.717) is 5.56 Å². The van der Waals surface area contributed by atoms with Crippen LogP contribution in [-0.4, -0.2) is 14.4 Å². The standard InChI is InChI=1S/C17H16O4S/c1-13(2)17(18)21-12-14-8-6-7-11-16(14)22(19,20)15-9-4-3-5-10-15/h3-11H,1,12H2,2H3. The third-order valence-electron chi connectivity index (χ3n) is 3.02. The molecule has 0 heterocycles. The van der Waals surface area contributed by atoms with Crippen molar-refractivity contribution in [3.63, 3.8) is 0 Å².